The van der Waals surface area contributed by atoms with Crippen molar-refractivity contribution in [1.29, 1.82) is 0 Å². The third-order valence-electron chi connectivity index (χ3n) is 3.22. The SMILES string of the molecule is CCCNC1CCN(CC(O)CC(C)(C)C)C1=O. The van der Waals surface area contributed by atoms with E-state index >= 15 is 0 Å². The second kappa shape index (κ2) is 6.53. The summed E-state index contributed by atoms with van der Waals surface area (Å²) in [5.74, 6) is 0.149. The molecule has 18 heavy (non-hydrogen) atoms. The lowest BCUT2D eigenvalue weighted by molar-refractivity contribution is -0.130. The molecule has 0 radical (unpaired) electrons. The Labute approximate surface area is 111 Å². The molecule has 1 rings (SSSR count). The van der Waals surface area contributed by atoms with Gasteiger partial charge in [0, 0.05) is 13.1 Å². The molecule has 4 nitrogen and oxygen atoms in total. The van der Waals surface area contributed by atoms with E-state index in [0.717, 1.165) is 32.4 Å². The van der Waals surface area contributed by atoms with Crippen LogP contribution in [0.2, 0.25) is 0 Å². The van der Waals surface area contributed by atoms with Gasteiger partial charge < -0.3 is 15.3 Å². The van der Waals surface area contributed by atoms with E-state index < -0.39 is 6.10 Å². The normalized spacial score (nSPS) is 22.6. The number of hydrogen-bond donors (Lipinski definition) is 2. The average molecular weight is 256 g/mol. The predicted molar refractivity (Wildman–Crippen MR) is 73.4 cm³/mol. The van der Waals surface area contributed by atoms with Crippen molar-refractivity contribution >= 4 is 5.91 Å². The smallest absolute Gasteiger partial charge is 0.239 e. The first kappa shape index (κ1) is 15.4. The van der Waals surface area contributed by atoms with Gasteiger partial charge >= 0.3 is 0 Å². The Morgan fingerprint density at radius 2 is 2.17 bits per heavy atom. The Morgan fingerprint density at radius 3 is 2.72 bits per heavy atom. The molecule has 0 aromatic carbocycles. The van der Waals surface area contributed by atoms with Gasteiger partial charge in [0.15, 0.2) is 0 Å². The van der Waals surface area contributed by atoms with Crippen LogP contribution in [0, 0.1) is 5.41 Å². The number of hydrogen-bond acceptors (Lipinski definition) is 3. The fourth-order valence-corrected chi connectivity index (χ4v) is 2.45. The fourth-order valence-electron chi connectivity index (χ4n) is 2.45. The summed E-state index contributed by atoms with van der Waals surface area (Å²) >= 11 is 0. The van der Waals surface area contributed by atoms with E-state index in [-0.39, 0.29) is 17.4 Å². The first-order chi connectivity index (χ1) is 8.33. The zero-order valence-corrected chi connectivity index (χ0v) is 12.2. The maximum atomic E-state index is 12.1. The van der Waals surface area contributed by atoms with Gasteiger partial charge in [-0.25, -0.2) is 0 Å². The number of likely N-dealkylation sites (tertiary alicyclic amines) is 1. The second-order valence-electron chi connectivity index (χ2n) is 6.50. The summed E-state index contributed by atoms with van der Waals surface area (Å²) in [7, 11) is 0. The molecule has 2 N–H and O–H groups in total. The Hall–Kier alpha value is -0.610. The van der Waals surface area contributed by atoms with Crippen LogP contribution in [-0.2, 0) is 4.79 Å². The van der Waals surface area contributed by atoms with Crippen LogP contribution in [0.25, 0.3) is 0 Å². The van der Waals surface area contributed by atoms with Crippen molar-refractivity contribution in [3.63, 3.8) is 0 Å². The van der Waals surface area contributed by atoms with Crippen molar-refractivity contribution in [2.24, 2.45) is 5.41 Å². The molecular weight excluding hydrogens is 228 g/mol. The van der Waals surface area contributed by atoms with Gasteiger partial charge in [-0.1, -0.05) is 27.7 Å². The summed E-state index contributed by atoms with van der Waals surface area (Å²) in [6, 6.07) is -0.0354. The van der Waals surface area contributed by atoms with Gasteiger partial charge in [0.2, 0.25) is 5.91 Å². The van der Waals surface area contributed by atoms with Crippen molar-refractivity contribution in [2.75, 3.05) is 19.6 Å². The second-order valence-corrected chi connectivity index (χ2v) is 6.50. The minimum Gasteiger partial charge on any atom is -0.391 e. The summed E-state index contributed by atoms with van der Waals surface area (Å²) in [5.41, 5.74) is 0.0993. The lowest BCUT2D eigenvalue weighted by Gasteiger charge is -2.26. The molecule has 106 valence electrons. The Morgan fingerprint density at radius 1 is 1.50 bits per heavy atom. The fraction of sp³-hybridized carbons (Fsp3) is 0.929. The van der Waals surface area contributed by atoms with Crippen molar-refractivity contribution < 1.29 is 9.90 Å². The van der Waals surface area contributed by atoms with Crippen LogP contribution in [0.3, 0.4) is 0 Å². The van der Waals surface area contributed by atoms with E-state index in [9.17, 15) is 9.90 Å². The number of aliphatic hydroxyl groups is 1. The molecule has 0 saturated carbocycles. The van der Waals surface area contributed by atoms with Crippen LogP contribution in [0.15, 0.2) is 0 Å². The molecule has 2 atom stereocenters. The van der Waals surface area contributed by atoms with Crippen LogP contribution in [-0.4, -0.2) is 47.7 Å². The van der Waals surface area contributed by atoms with Gasteiger partial charge in [0.25, 0.3) is 0 Å². The summed E-state index contributed by atoms with van der Waals surface area (Å²) in [6.45, 7) is 10.5. The Balaban J connectivity index is 2.38. The summed E-state index contributed by atoms with van der Waals surface area (Å²) in [4.78, 5) is 13.9. The van der Waals surface area contributed by atoms with Crippen LogP contribution in [0.5, 0.6) is 0 Å². The standard InChI is InChI=1S/C14H28N2O2/c1-5-7-15-12-6-8-16(13(12)18)10-11(17)9-14(2,3)4/h11-12,15,17H,5-10H2,1-4H3. The lowest BCUT2D eigenvalue weighted by Crippen LogP contribution is -2.41. The van der Waals surface area contributed by atoms with E-state index in [1.54, 1.807) is 4.90 Å². The number of amides is 1. The number of nitrogens with zero attached hydrogens (tertiary/aromatic N) is 1. The van der Waals surface area contributed by atoms with Crippen molar-refractivity contribution in [1.82, 2.24) is 10.2 Å². The topological polar surface area (TPSA) is 52.6 Å². The number of rotatable bonds is 6. The number of carbonyl (C=O) groups is 1. The van der Waals surface area contributed by atoms with Crippen LogP contribution in [0.4, 0.5) is 0 Å². The number of carbonyl (C=O) groups excluding carboxylic acids is 1. The number of nitrogens with one attached hydrogen (secondary N) is 1. The van der Waals surface area contributed by atoms with Crippen LogP contribution >= 0.6 is 0 Å². The largest absolute Gasteiger partial charge is 0.391 e. The molecule has 1 amide bonds. The first-order valence-corrected chi connectivity index (χ1v) is 7.03. The average Bonchev–Trinajstić information content (AvgIpc) is 2.55. The van der Waals surface area contributed by atoms with Crippen molar-refractivity contribution in [3.05, 3.63) is 0 Å². The maximum absolute atomic E-state index is 12.1. The quantitative estimate of drug-likeness (QED) is 0.755. The van der Waals surface area contributed by atoms with E-state index in [0.29, 0.717) is 6.54 Å². The highest BCUT2D eigenvalue weighted by Crippen LogP contribution is 2.22. The van der Waals surface area contributed by atoms with E-state index in [1.807, 2.05) is 0 Å². The monoisotopic (exact) mass is 256 g/mol. The minimum atomic E-state index is -0.418. The van der Waals surface area contributed by atoms with Gasteiger partial charge in [-0.3, -0.25) is 4.79 Å². The molecule has 2 unspecified atom stereocenters. The summed E-state index contributed by atoms with van der Waals surface area (Å²) in [5, 5.41) is 13.3. The molecule has 1 saturated heterocycles. The van der Waals surface area contributed by atoms with Crippen LogP contribution in [0.1, 0.15) is 47.0 Å². The molecule has 1 aliphatic heterocycles. The molecular formula is C14H28N2O2. The third-order valence-corrected chi connectivity index (χ3v) is 3.22. The molecule has 0 spiro atoms. The molecule has 1 fully saturated rings. The predicted octanol–water partition coefficient (Wildman–Crippen LogP) is 1.38. The van der Waals surface area contributed by atoms with Crippen molar-refractivity contribution in [3.8, 4) is 0 Å². The lowest BCUT2D eigenvalue weighted by atomic mass is 9.89. The van der Waals surface area contributed by atoms with Gasteiger partial charge in [-0.05, 0) is 31.2 Å². The molecule has 1 heterocycles. The van der Waals surface area contributed by atoms with Crippen LogP contribution < -0.4 is 5.32 Å². The van der Waals surface area contributed by atoms with Gasteiger partial charge in [-0.15, -0.1) is 0 Å². The third kappa shape index (κ3) is 4.94. The van der Waals surface area contributed by atoms with Crippen molar-refractivity contribution in [2.45, 2.75) is 59.1 Å². The Kier molecular flexibility index (Phi) is 5.60. The first-order valence-electron chi connectivity index (χ1n) is 7.03. The highest BCUT2D eigenvalue weighted by Gasteiger charge is 2.32. The van der Waals surface area contributed by atoms with E-state index in [2.05, 4.69) is 33.0 Å². The van der Waals surface area contributed by atoms with Gasteiger partial charge in [0.1, 0.15) is 0 Å². The maximum Gasteiger partial charge on any atom is 0.239 e. The summed E-state index contributed by atoms with van der Waals surface area (Å²) in [6.07, 6.45) is 2.21. The zero-order valence-electron chi connectivity index (χ0n) is 12.2. The molecule has 0 bridgehead atoms. The zero-order chi connectivity index (χ0) is 13.8. The van der Waals surface area contributed by atoms with E-state index in [1.165, 1.54) is 0 Å². The number of aliphatic hydroxyl groups excluding tert-OH is 1. The molecule has 4 heteroatoms. The molecule has 0 aromatic heterocycles. The summed E-state index contributed by atoms with van der Waals surface area (Å²) < 4.78 is 0. The minimum absolute atomic E-state index is 0.0354. The van der Waals surface area contributed by atoms with Gasteiger partial charge in [0.05, 0.1) is 12.1 Å². The Bertz CT molecular complexity index is 273. The molecule has 0 aromatic rings. The van der Waals surface area contributed by atoms with E-state index in [4.69, 9.17) is 0 Å². The molecule has 1 aliphatic rings. The highest BCUT2D eigenvalue weighted by atomic mass is 16.3. The van der Waals surface area contributed by atoms with Gasteiger partial charge in [-0.2, -0.15) is 0 Å². The highest BCUT2D eigenvalue weighted by molar-refractivity contribution is 5.84. The molecule has 0 aliphatic carbocycles. The number of β-amino-alcohol motifs (C(OH)–C–C–N with tert-alkyl or cyclic N) is 1.